The lowest BCUT2D eigenvalue weighted by Gasteiger charge is -2.24. The smallest absolute Gasteiger partial charge is 0.410 e. The lowest BCUT2D eigenvalue weighted by molar-refractivity contribution is 0.0241. The number of hydrogen-bond acceptors (Lipinski definition) is 7. The second-order valence-electron chi connectivity index (χ2n) is 10.2. The Bertz CT molecular complexity index is 1660. The Morgan fingerprint density at radius 3 is 2.34 bits per heavy atom. The van der Waals surface area contributed by atoms with E-state index in [1.165, 1.54) is 18.1 Å². The third-order valence-corrected chi connectivity index (χ3v) is 7.80. The molecule has 3 aromatic rings. The average molecular weight is 609 g/mol. The van der Waals surface area contributed by atoms with Crippen LogP contribution < -0.4 is 9.46 Å². The van der Waals surface area contributed by atoms with Gasteiger partial charge in [-0.1, -0.05) is 29.8 Å². The van der Waals surface area contributed by atoms with Gasteiger partial charge in [-0.05, 0) is 55.7 Å². The molecule has 1 amide bonds. The van der Waals surface area contributed by atoms with Crippen LogP contribution in [0.25, 0.3) is 11.1 Å². The molecule has 4 rings (SSSR count). The molecule has 13 heteroatoms. The van der Waals surface area contributed by atoms with Gasteiger partial charge in [0, 0.05) is 18.2 Å². The fraction of sp³-hybridized carbons (Fsp3) is 0.286. The van der Waals surface area contributed by atoms with Crippen LogP contribution in [-0.4, -0.2) is 45.2 Å². The average Bonchev–Trinajstić information content (AvgIpc) is 3.33. The first-order chi connectivity index (χ1) is 19.1. The number of halogens is 3. The molecule has 0 spiro atoms. The molecule has 9 nitrogen and oxygen atoms in total. The van der Waals surface area contributed by atoms with E-state index in [0.29, 0.717) is 17.2 Å². The molecule has 0 radical (unpaired) electrons. The van der Waals surface area contributed by atoms with Gasteiger partial charge in [0.15, 0.2) is 5.75 Å². The van der Waals surface area contributed by atoms with Crippen molar-refractivity contribution in [3.05, 3.63) is 75.8 Å². The number of ether oxygens (including phenoxy) is 3. The zero-order valence-electron chi connectivity index (χ0n) is 22.8. The molecule has 1 heterocycles. The second kappa shape index (κ2) is 11.2. The molecule has 0 saturated carbocycles. The molecular formula is C28H27ClF2N2O7S. The van der Waals surface area contributed by atoms with Crippen molar-refractivity contribution in [2.75, 3.05) is 18.9 Å². The number of carbonyl (C=O) groups excluding carboxylic acids is 2. The van der Waals surface area contributed by atoms with Crippen LogP contribution in [0.2, 0.25) is 5.02 Å². The molecule has 0 saturated heterocycles. The minimum atomic E-state index is -4.63. The molecule has 1 aliphatic rings. The van der Waals surface area contributed by atoms with Crippen LogP contribution in [0.1, 0.15) is 42.3 Å². The molecule has 0 fully saturated rings. The molecule has 0 aromatic heterocycles. The first-order valence-corrected chi connectivity index (χ1v) is 14.1. The normalized spacial score (nSPS) is 13.0. The van der Waals surface area contributed by atoms with Gasteiger partial charge in [-0.3, -0.25) is 9.62 Å². The number of nitrogens with zero attached hydrogens (tertiary/aromatic N) is 1. The summed E-state index contributed by atoms with van der Waals surface area (Å²) < 4.78 is 74.2. The number of fused-ring (bicyclic) bond motifs is 1. The van der Waals surface area contributed by atoms with Crippen LogP contribution in [0.15, 0.2) is 47.4 Å². The molecule has 0 bridgehead atoms. The van der Waals surface area contributed by atoms with Crippen LogP contribution in [0.5, 0.6) is 5.75 Å². The van der Waals surface area contributed by atoms with Crippen molar-refractivity contribution in [2.24, 2.45) is 0 Å². The predicted octanol–water partition coefficient (Wildman–Crippen LogP) is 6.13. The summed E-state index contributed by atoms with van der Waals surface area (Å²) >= 11 is 6.14. The lowest BCUT2D eigenvalue weighted by atomic mass is 9.96. The number of methoxy groups -OCH3 is 2. The Morgan fingerprint density at radius 1 is 1.00 bits per heavy atom. The minimum absolute atomic E-state index is 0.0969. The predicted molar refractivity (Wildman–Crippen MR) is 147 cm³/mol. The van der Waals surface area contributed by atoms with Gasteiger partial charge in [-0.15, -0.1) is 0 Å². The lowest BCUT2D eigenvalue weighted by Crippen LogP contribution is -2.33. The number of amides is 1. The van der Waals surface area contributed by atoms with Crippen molar-refractivity contribution in [2.45, 2.75) is 44.4 Å². The van der Waals surface area contributed by atoms with Crippen LogP contribution in [0.3, 0.4) is 0 Å². The summed E-state index contributed by atoms with van der Waals surface area (Å²) in [6.07, 6.45) is -0.547. The van der Waals surface area contributed by atoms with Crippen molar-refractivity contribution in [3.8, 4) is 16.9 Å². The van der Waals surface area contributed by atoms with E-state index < -0.39 is 49.9 Å². The van der Waals surface area contributed by atoms with Crippen molar-refractivity contribution < 1.29 is 41.0 Å². The van der Waals surface area contributed by atoms with Gasteiger partial charge < -0.3 is 14.2 Å². The van der Waals surface area contributed by atoms with E-state index in [-0.39, 0.29) is 35.0 Å². The number of anilines is 1. The van der Waals surface area contributed by atoms with Crippen molar-refractivity contribution >= 4 is 39.4 Å². The minimum Gasteiger partial charge on any atom is -0.494 e. The van der Waals surface area contributed by atoms with E-state index in [4.69, 9.17) is 21.1 Å². The molecule has 1 N–H and O–H groups in total. The van der Waals surface area contributed by atoms with Gasteiger partial charge in [0.1, 0.15) is 22.1 Å². The Morgan fingerprint density at radius 2 is 1.71 bits per heavy atom. The largest absolute Gasteiger partial charge is 0.494 e. The maximum absolute atomic E-state index is 15.2. The standard InChI is InChI=1S/C28H27ClF2N2O7S/c1-28(2,3)40-27(35)33-13-15-7-6-8-17(19(15)14-33)18-11-23(22(31)12-21(18)30)32-41(36,37)24-10-16(26(34)39-5)9-20(29)25(24)38-4/h6-12,32H,13-14H2,1-5H3. The Labute approximate surface area is 241 Å². The maximum atomic E-state index is 15.2. The van der Waals surface area contributed by atoms with Gasteiger partial charge in [0.25, 0.3) is 10.0 Å². The number of esters is 1. The summed E-state index contributed by atoms with van der Waals surface area (Å²) in [7, 11) is -2.35. The molecule has 3 aromatic carbocycles. The van der Waals surface area contributed by atoms with Gasteiger partial charge in [-0.25, -0.2) is 26.8 Å². The zero-order chi connectivity index (χ0) is 30.3. The molecule has 0 atom stereocenters. The Hall–Kier alpha value is -3.90. The second-order valence-corrected chi connectivity index (χ2v) is 12.2. The molecule has 41 heavy (non-hydrogen) atoms. The van der Waals surface area contributed by atoms with E-state index in [1.807, 2.05) is 0 Å². The van der Waals surface area contributed by atoms with Crippen molar-refractivity contribution in [3.63, 3.8) is 0 Å². The van der Waals surface area contributed by atoms with Crippen LogP contribution in [0, 0.1) is 11.6 Å². The van der Waals surface area contributed by atoms with Crippen LogP contribution >= 0.6 is 11.6 Å². The first kappa shape index (κ1) is 30.1. The first-order valence-electron chi connectivity index (χ1n) is 12.2. The van der Waals surface area contributed by atoms with Gasteiger partial charge in [-0.2, -0.15) is 0 Å². The molecule has 218 valence electrons. The molecular weight excluding hydrogens is 582 g/mol. The summed E-state index contributed by atoms with van der Waals surface area (Å²) in [6.45, 7) is 5.55. The number of nitrogens with one attached hydrogen (secondary N) is 1. The number of hydrogen-bond donors (Lipinski definition) is 1. The highest BCUT2D eigenvalue weighted by Gasteiger charge is 2.31. The van der Waals surface area contributed by atoms with Gasteiger partial charge in [0.05, 0.1) is 37.0 Å². The third kappa shape index (κ3) is 6.23. The van der Waals surface area contributed by atoms with E-state index >= 15 is 4.39 Å². The highest BCUT2D eigenvalue weighted by Crippen LogP contribution is 2.38. The van der Waals surface area contributed by atoms with Crippen molar-refractivity contribution in [1.29, 1.82) is 0 Å². The molecule has 1 aliphatic heterocycles. The summed E-state index contributed by atoms with van der Waals surface area (Å²) in [6, 6.07) is 8.74. The monoisotopic (exact) mass is 608 g/mol. The number of rotatable bonds is 6. The maximum Gasteiger partial charge on any atom is 0.410 e. The summed E-state index contributed by atoms with van der Waals surface area (Å²) in [5.74, 6) is -3.29. The summed E-state index contributed by atoms with van der Waals surface area (Å²) in [4.78, 5) is 25.6. The zero-order valence-corrected chi connectivity index (χ0v) is 24.4. The van der Waals surface area contributed by atoms with Crippen molar-refractivity contribution in [1.82, 2.24) is 4.90 Å². The van der Waals surface area contributed by atoms with E-state index in [0.717, 1.165) is 24.8 Å². The summed E-state index contributed by atoms with van der Waals surface area (Å²) in [5.41, 5.74) is 0.124. The van der Waals surface area contributed by atoms with Crippen LogP contribution in [0.4, 0.5) is 19.3 Å². The number of sulfonamides is 1. The van der Waals surface area contributed by atoms with E-state index in [1.54, 1.807) is 39.0 Å². The van der Waals surface area contributed by atoms with E-state index in [2.05, 4.69) is 9.46 Å². The number of carbonyl (C=O) groups is 2. The number of benzene rings is 3. The fourth-order valence-electron chi connectivity index (χ4n) is 4.36. The Balaban J connectivity index is 1.74. The highest BCUT2D eigenvalue weighted by molar-refractivity contribution is 7.92. The van der Waals surface area contributed by atoms with Gasteiger partial charge >= 0.3 is 12.1 Å². The van der Waals surface area contributed by atoms with Gasteiger partial charge in [0.2, 0.25) is 0 Å². The van der Waals surface area contributed by atoms with E-state index in [9.17, 15) is 22.4 Å². The fourth-order valence-corrected chi connectivity index (χ4v) is 5.99. The highest BCUT2D eigenvalue weighted by atomic mass is 35.5. The summed E-state index contributed by atoms with van der Waals surface area (Å²) in [5, 5.41) is -0.203. The molecule has 0 aliphatic carbocycles. The third-order valence-electron chi connectivity index (χ3n) is 6.15. The molecule has 0 unspecified atom stereocenters. The Kier molecular flexibility index (Phi) is 8.19. The van der Waals surface area contributed by atoms with Crippen LogP contribution in [-0.2, 0) is 32.6 Å². The quantitative estimate of drug-likeness (QED) is 0.335. The SMILES string of the molecule is COC(=O)c1cc(Cl)c(OC)c(S(=O)(=O)Nc2cc(-c3cccc4c3CN(C(=O)OC(C)(C)C)C4)c(F)cc2F)c1. The topological polar surface area (TPSA) is 111 Å².